The molecule has 1 N–H and O–H groups in total. The topological polar surface area (TPSA) is 56.1 Å². The zero-order valence-electron chi connectivity index (χ0n) is 8.53. The molecule has 1 fully saturated rings. The van der Waals surface area contributed by atoms with E-state index >= 15 is 0 Å². The molecule has 0 radical (unpaired) electrons. The highest BCUT2D eigenvalue weighted by molar-refractivity contribution is 6.33. The number of amides is 1. The lowest BCUT2D eigenvalue weighted by atomic mass is 10.2. The van der Waals surface area contributed by atoms with Crippen molar-refractivity contribution in [3.8, 4) is 6.07 Å². The molecule has 1 aliphatic rings. The number of benzene rings is 1. The minimum absolute atomic E-state index is 0.00771. The Bertz CT molecular complexity index is 467. The number of hydrogen-bond donors (Lipinski definition) is 1. The van der Waals surface area contributed by atoms with Gasteiger partial charge in [0.1, 0.15) is 0 Å². The second-order valence-corrected chi connectivity index (χ2v) is 3.96. The fourth-order valence-electron chi connectivity index (χ4n) is 1.68. The molecule has 82 valence electrons. The van der Waals surface area contributed by atoms with E-state index in [1.165, 1.54) is 0 Å². The number of anilines is 1. The van der Waals surface area contributed by atoms with Crippen molar-refractivity contribution >= 4 is 23.2 Å². The second-order valence-electron chi connectivity index (χ2n) is 3.55. The molecule has 1 aromatic carbocycles. The highest BCUT2D eigenvalue weighted by Gasteiger charge is 2.18. The van der Waals surface area contributed by atoms with Gasteiger partial charge in [0.25, 0.3) is 0 Å². The van der Waals surface area contributed by atoms with Crippen LogP contribution in [0.25, 0.3) is 0 Å². The summed E-state index contributed by atoms with van der Waals surface area (Å²) in [5.41, 5.74) is 1.32. The molecule has 0 aliphatic carbocycles. The Morgan fingerprint density at radius 2 is 2.31 bits per heavy atom. The monoisotopic (exact) mass is 235 g/mol. The van der Waals surface area contributed by atoms with Gasteiger partial charge in [-0.05, 0) is 18.2 Å². The van der Waals surface area contributed by atoms with Crippen LogP contribution < -0.4 is 10.2 Å². The van der Waals surface area contributed by atoms with Gasteiger partial charge in [-0.2, -0.15) is 5.26 Å². The van der Waals surface area contributed by atoms with Gasteiger partial charge in [0.05, 0.1) is 28.9 Å². The summed E-state index contributed by atoms with van der Waals surface area (Å²) < 4.78 is 0. The van der Waals surface area contributed by atoms with Crippen molar-refractivity contribution in [2.45, 2.75) is 0 Å². The highest BCUT2D eigenvalue weighted by Crippen LogP contribution is 2.26. The van der Waals surface area contributed by atoms with Crippen LogP contribution in [0, 0.1) is 11.3 Å². The van der Waals surface area contributed by atoms with E-state index in [4.69, 9.17) is 16.9 Å². The van der Waals surface area contributed by atoms with Crippen LogP contribution in [-0.4, -0.2) is 25.5 Å². The molecule has 0 atom stereocenters. The molecule has 0 unspecified atom stereocenters. The number of halogens is 1. The van der Waals surface area contributed by atoms with Crippen LogP contribution >= 0.6 is 11.6 Å². The first kappa shape index (κ1) is 10.8. The predicted octanol–water partition coefficient (Wildman–Crippen LogP) is 1.15. The number of piperazine rings is 1. The number of carbonyl (C=O) groups is 1. The summed E-state index contributed by atoms with van der Waals surface area (Å²) in [6.45, 7) is 1.66. The molecule has 1 amide bonds. The van der Waals surface area contributed by atoms with E-state index in [0.29, 0.717) is 23.7 Å². The van der Waals surface area contributed by atoms with Crippen molar-refractivity contribution in [1.82, 2.24) is 5.32 Å². The van der Waals surface area contributed by atoms with Crippen molar-refractivity contribution in [3.63, 3.8) is 0 Å². The van der Waals surface area contributed by atoms with Crippen molar-refractivity contribution < 1.29 is 4.79 Å². The maximum atomic E-state index is 11.2. The SMILES string of the molecule is N#Cc1ccc(N2CCNC(=O)C2)c(Cl)c1. The number of nitriles is 1. The fraction of sp³-hybridized carbons (Fsp3) is 0.273. The average Bonchev–Trinajstić information content (AvgIpc) is 2.28. The van der Waals surface area contributed by atoms with E-state index in [0.717, 1.165) is 12.2 Å². The van der Waals surface area contributed by atoms with E-state index in [-0.39, 0.29) is 5.91 Å². The number of nitrogens with zero attached hydrogens (tertiary/aromatic N) is 2. The Labute approximate surface area is 98.4 Å². The first-order valence-electron chi connectivity index (χ1n) is 4.92. The Kier molecular flexibility index (Phi) is 2.97. The molecule has 1 aliphatic heterocycles. The van der Waals surface area contributed by atoms with Gasteiger partial charge in [0.15, 0.2) is 0 Å². The summed E-state index contributed by atoms with van der Waals surface area (Å²) in [7, 11) is 0. The van der Waals surface area contributed by atoms with Crippen LogP contribution in [-0.2, 0) is 4.79 Å². The summed E-state index contributed by atoms with van der Waals surface area (Å²) >= 11 is 6.06. The minimum atomic E-state index is -0.00771. The van der Waals surface area contributed by atoms with Crippen LogP contribution in [0.3, 0.4) is 0 Å². The Balaban J connectivity index is 2.27. The molecule has 1 saturated heterocycles. The Hall–Kier alpha value is -1.73. The zero-order chi connectivity index (χ0) is 11.5. The smallest absolute Gasteiger partial charge is 0.239 e. The van der Waals surface area contributed by atoms with Gasteiger partial charge in [0, 0.05) is 13.1 Å². The van der Waals surface area contributed by atoms with Gasteiger partial charge in [-0.1, -0.05) is 11.6 Å². The largest absolute Gasteiger partial charge is 0.359 e. The molecule has 0 saturated carbocycles. The molecule has 4 nitrogen and oxygen atoms in total. The summed E-state index contributed by atoms with van der Waals surface area (Å²) in [4.78, 5) is 13.1. The molecule has 1 aromatic rings. The van der Waals surface area contributed by atoms with Gasteiger partial charge in [-0.3, -0.25) is 4.79 Å². The molecular formula is C11H10ClN3O. The number of rotatable bonds is 1. The highest BCUT2D eigenvalue weighted by atomic mass is 35.5. The van der Waals surface area contributed by atoms with Crippen LogP contribution in [0.15, 0.2) is 18.2 Å². The molecule has 1 heterocycles. The molecule has 0 bridgehead atoms. The Morgan fingerprint density at radius 1 is 1.50 bits per heavy atom. The number of carbonyl (C=O) groups excluding carboxylic acids is 1. The fourth-order valence-corrected chi connectivity index (χ4v) is 1.98. The summed E-state index contributed by atoms with van der Waals surface area (Å²) in [6.07, 6.45) is 0. The first-order valence-corrected chi connectivity index (χ1v) is 5.30. The zero-order valence-corrected chi connectivity index (χ0v) is 9.29. The normalized spacial score (nSPS) is 15.5. The third-order valence-corrected chi connectivity index (χ3v) is 2.76. The van der Waals surface area contributed by atoms with Crippen LogP contribution in [0.2, 0.25) is 5.02 Å². The van der Waals surface area contributed by atoms with Crippen LogP contribution in [0.5, 0.6) is 0 Å². The van der Waals surface area contributed by atoms with Crippen LogP contribution in [0.1, 0.15) is 5.56 Å². The quantitative estimate of drug-likeness (QED) is 0.795. The lowest BCUT2D eigenvalue weighted by molar-refractivity contribution is -0.120. The second kappa shape index (κ2) is 4.42. The van der Waals surface area contributed by atoms with Gasteiger partial charge in [-0.25, -0.2) is 0 Å². The summed E-state index contributed by atoms with van der Waals surface area (Å²) in [6, 6.07) is 7.12. The van der Waals surface area contributed by atoms with E-state index in [9.17, 15) is 4.79 Å². The molecule has 0 aromatic heterocycles. The lowest BCUT2D eigenvalue weighted by Crippen LogP contribution is -2.47. The molecular weight excluding hydrogens is 226 g/mol. The number of nitrogens with one attached hydrogen (secondary N) is 1. The van der Waals surface area contributed by atoms with Crippen LogP contribution in [0.4, 0.5) is 5.69 Å². The third-order valence-electron chi connectivity index (χ3n) is 2.46. The molecule has 0 spiro atoms. The first-order chi connectivity index (χ1) is 7.70. The maximum Gasteiger partial charge on any atom is 0.239 e. The van der Waals surface area contributed by atoms with Crippen molar-refractivity contribution in [2.24, 2.45) is 0 Å². The van der Waals surface area contributed by atoms with Crippen molar-refractivity contribution in [3.05, 3.63) is 28.8 Å². The van der Waals surface area contributed by atoms with Gasteiger partial charge >= 0.3 is 0 Å². The van der Waals surface area contributed by atoms with Gasteiger partial charge in [-0.15, -0.1) is 0 Å². The minimum Gasteiger partial charge on any atom is -0.359 e. The third kappa shape index (κ3) is 2.10. The van der Waals surface area contributed by atoms with Gasteiger partial charge in [0.2, 0.25) is 5.91 Å². The lowest BCUT2D eigenvalue weighted by Gasteiger charge is -2.29. The van der Waals surface area contributed by atoms with Gasteiger partial charge < -0.3 is 10.2 Å². The van der Waals surface area contributed by atoms with E-state index in [1.807, 2.05) is 11.0 Å². The molecule has 5 heteroatoms. The molecule has 2 rings (SSSR count). The predicted molar refractivity (Wildman–Crippen MR) is 61.4 cm³/mol. The Morgan fingerprint density at radius 3 is 2.94 bits per heavy atom. The number of hydrogen-bond acceptors (Lipinski definition) is 3. The average molecular weight is 236 g/mol. The van der Waals surface area contributed by atoms with E-state index in [2.05, 4.69) is 5.32 Å². The maximum absolute atomic E-state index is 11.2. The van der Waals surface area contributed by atoms with E-state index in [1.54, 1.807) is 18.2 Å². The standard InChI is InChI=1S/C11H10ClN3O/c12-9-5-8(6-13)1-2-10(9)15-4-3-14-11(16)7-15/h1-2,5H,3-4,7H2,(H,14,16). The van der Waals surface area contributed by atoms with Crippen molar-refractivity contribution in [1.29, 1.82) is 5.26 Å². The van der Waals surface area contributed by atoms with E-state index < -0.39 is 0 Å². The molecule has 16 heavy (non-hydrogen) atoms. The summed E-state index contributed by atoms with van der Waals surface area (Å²) in [5, 5.41) is 12.0. The summed E-state index contributed by atoms with van der Waals surface area (Å²) in [5.74, 6) is -0.00771. The van der Waals surface area contributed by atoms with Crippen molar-refractivity contribution in [2.75, 3.05) is 24.5 Å².